The largest absolute Gasteiger partial charge is 0.487 e. The number of aliphatic imine (C=N–C) groups is 1. The van der Waals surface area contributed by atoms with Gasteiger partial charge in [-0.25, -0.2) is 4.99 Å². The lowest BCUT2D eigenvalue weighted by Gasteiger charge is -2.40. The molecular weight excluding hydrogens is 388 g/mol. The number of rotatable bonds is 4. The van der Waals surface area contributed by atoms with E-state index in [1.165, 1.54) is 37.7 Å². The smallest absolute Gasteiger partial charge is 0.192 e. The number of aryl methyl sites for hydroxylation is 1. The Balaban J connectivity index is 1.37. The molecule has 2 aromatic rings. The second kappa shape index (κ2) is 8.89. The molecule has 7 heteroatoms. The third-order valence-corrected chi connectivity index (χ3v) is 6.93. The van der Waals surface area contributed by atoms with Crippen LogP contribution in [0.5, 0.6) is 5.75 Å². The summed E-state index contributed by atoms with van der Waals surface area (Å²) in [6, 6.07) is 8.64. The number of nitrogens with one attached hydrogen (secondary N) is 2. The van der Waals surface area contributed by atoms with E-state index < -0.39 is 0 Å². The first-order chi connectivity index (χ1) is 15.3. The van der Waals surface area contributed by atoms with Crippen molar-refractivity contribution < 1.29 is 4.74 Å². The fourth-order valence-corrected chi connectivity index (χ4v) is 5.37. The van der Waals surface area contributed by atoms with E-state index in [9.17, 15) is 0 Å². The summed E-state index contributed by atoms with van der Waals surface area (Å²) < 4.78 is 8.80. The maximum atomic E-state index is 6.52. The first-order valence-electron chi connectivity index (χ1n) is 12.0. The van der Waals surface area contributed by atoms with Gasteiger partial charge in [-0.15, -0.1) is 10.2 Å². The van der Waals surface area contributed by atoms with Crippen molar-refractivity contribution in [3.05, 3.63) is 41.5 Å². The molecular formula is C24H34N6O. The molecule has 2 aliphatic heterocycles. The Morgan fingerprint density at radius 3 is 2.90 bits per heavy atom. The van der Waals surface area contributed by atoms with E-state index in [-0.39, 0.29) is 11.6 Å². The number of fused-ring (bicyclic) bond motifs is 2. The summed E-state index contributed by atoms with van der Waals surface area (Å²) in [6.07, 6.45) is 10.4. The van der Waals surface area contributed by atoms with Crippen molar-refractivity contribution in [1.82, 2.24) is 25.4 Å². The molecule has 1 fully saturated rings. The van der Waals surface area contributed by atoms with Crippen LogP contribution in [0.1, 0.15) is 81.5 Å². The molecule has 1 unspecified atom stereocenters. The van der Waals surface area contributed by atoms with Crippen LogP contribution in [0.3, 0.4) is 0 Å². The maximum absolute atomic E-state index is 6.52. The van der Waals surface area contributed by atoms with Gasteiger partial charge in [0.25, 0.3) is 0 Å². The Kier molecular flexibility index (Phi) is 5.83. The van der Waals surface area contributed by atoms with Crippen LogP contribution in [0.4, 0.5) is 0 Å². The second-order valence-electron chi connectivity index (χ2n) is 9.12. The molecule has 3 heterocycles. The van der Waals surface area contributed by atoms with Crippen LogP contribution in [0.15, 0.2) is 29.3 Å². The van der Waals surface area contributed by atoms with E-state index in [1.807, 2.05) is 0 Å². The highest BCUT2D eigenvalue weighted by atomic mass is 16.5. The van der Waals surface area contributed by atoms with Gasteiger partial charge < -0.3 is 19.9 Å². The molecule has 31 heavy (non-hydrogen) atoms. The number of ether oxygens (including phenoxy) is 1. The Bertz CT molecular complexity index is 930. The summed E-state index contributed by atoms with van der Waals surface area (Å²) in [4.78, 5) is 4.91. The molecule has 7 nitrogen and oxygen atoms in total. The molecule has 5 rings (SSSR count). The van der Waals surface area contributed by atoms with Crippen molar-refractivity contribution in [3.8, 4) is 5.75 Å². The van der Waals surface area contributed by atoms with Crippen molar-refractivity contribution >= 4 is 5.96 Å². The minimum atomic E-state index is -0.0341. The van der Waals surface area contributed by atoms with E-state index in [4.69, 9.17) is 9.73 Å². The molecule has 0 amide bonds. The molecule has 2 N–H and O–H groups in total. The van der Waals surface area contributed by atoms with Crippen molar-refractivity contribution in [2.75, 3.05) is 6.54 Å². The van der Waals surface area contributed by atoms with Gasteiger partial charge in [-0.2, -0.15) is 0 Å². The van der Waals surface area contributed by atoms with Crippen molar-refractivity contribution in [2.24, 2.45) is 4.99 Å². The number of guanidine groups is 1. The lowest BCUT2D eigenvalue weighted by atomic mass is 9.86. The van der Waals surface area contributed by atoms with Gasteiger partial charge in [-0.1, -0.05) is 24.6 Å². The van der Waals surface area contributed by atoms with Crippen LogP contribution < -0.4 is 15.4 Å². The van der Waals surface area contributed by atoms with Gasteiger partial charge >= 0.3 is 0 Å². The average Bonchev–Trinajstić information content (AvgIpc) is 3.31. The van der Waals surface area contributed by atoms with Crippen LogP contribution in [0.2, 0.25) is 0 Å². The molecule has 1 saturated carbocycles. The molecule has 166 valence electrons. The van der Waals surface area contributed by atoms with Crippen LogP contribution in [0, 0.1) is 0 Å². The summed E-state index contributed by atoms with van der Waals surface area (Å²) >= 11 is 0. The molecule has 1 spiro atoms. The van der Waals surface area contributed by atoms with Crippen molar-refractivity contribution in [1.29, 1.82) is 0 Å². The standard InChI is InChI=1S/C24H34N6O/c1-2-25-23(26-17-22-29-28-21-12-4-3-9-15-30(21)22)27-19-16-24(13-7-8-14-24)31-20-11-6-5-10-18(19)20/h5-6,10-11,19H,2-4,7-9,12-17H2,1H3,(H2,25,26,27). The van der Waals surface area contributed by atoms with Crippen LogP contribution in [0.25, 0.3) is 0 Å². The molecule has 0 radical (unpaired) electrons. The fourth-order valence-electron chi connectivity index (χ4n) is 5.37. The normalized spacial score (nSPS) is 22.4. The minimum Gasteiger partial charge on any atom is -0.487 e. The molecule has 1 aromatic heterocycles. The lowest BCUT2D eigenvalue weighted by Crippen LogP contribution is -2.46. The Labute approximate surface area is 184 Å². The van der Waals surface area contributed by atoms with Gasteiger partial charge in [-0.3, -0.25) is 0 Å². The maximum Gasteiger partial charge on any atom is 0.192 e. The van der Waals surface area contributed by atoms with Crippen molar-refractivity contribution in [2.45, 2.75) is 89.4 Å². The zero-order valence-electron chi connectivity index (χ0n) is 18.6. The molecule has 0 saturated heterocycles. The monoisotopic (exact) mass is 422 g/mol. The highest BCUT2D eigenvalue weighted by Crippen LogP contribution is 2.46. The third kappa shape index (κ3) is 4.27. The second-order valence-corrected chi connectivity index (χ2v) is 9.12. The van der Waals surface area contributed by atoms with E-state index in [0.717, 1.165) is 62.1 Å². The summed E-state index contributed by atoms with van der Waals surface area (Å²) in [7, 11) is 0. The summed E-state index contributed by atoms with van der Waals surface area (Å²) in [6.45, 7) is 4.47. The Hall–Kier alpha value is -2.57. The highest BCUT2D eigenvalue weighted by molar-refractivity contribution is 5.80. The number of para-hydroxylation sites is 1. The minimum absolute atomic E-state index is 0.0341. The van der Waals surface area contributed by atoms with E-state index in [0.29, 0.717) is 6.54 Å². The SMILES string of the molecule is CCNC(=NCc1nnc2n1CCCCC2)NC1CC2(CCCC2)Oc2ccccc21. The van der Waals surface area contributed by atoms with E-state index in [2.05, 4.69) is 56.6 Å². The Morgan fingerprint density at radius 1 is 1.16 bits per heavy atom. The van der Waals surface area contributed by atoms with Gasteiger partial charge in [0.1, 0.15) is 23.7 Å². The number of hydrogen-bond acceptors (Lipinski definition) is 4. The summed E-state index contributed by atoms with van der Waals surface area (Å²) in [5, 5.41) is 16.0. The van der Waals surface area contributed by atoms with Gasteiger partial charge in [0, 0.05) is 31.5 Å². The van der Waals surface area contributed by atoms with E-state index in [1.54, 1.807) is 0 Å². The predicted octanol–water partition coefficient (Wildman–Crippen LogP) is 3.90. The van der Waals surface area contributed by atoms with Gasteiger partial charge in [0.05, 0.1) is 6.04 Å². The lowest BCUT2D eigenvalue weighted by molar-refractivity contribution is 0.0396. The van der Waals surface area contributed by atoms with E-state index >= 15 is 0 Å². The van der Waals surface area contributed by atoms with Crippen molar-refractivity contribution in [3.63, 3.8) is 0 Å². The summed E-state index contributed by atoms with van der Waals surface area (Å²) in [5.41, 5.74) is 1.19. The van der Waals surface area contributed by atoms with Gasteiger partial charge in [0.15, 0.2) is 11.8 Å². The fraction of sp³-hybridized carbons (Fsp3) is 0.625. The zero-order chi connectivity index (χ0) is 21.1. The van der Waals surface area contributed by atoms with Crippen LogP contribution in [-0.2, 0) is 19.5 Å². The number of hydrogen-bond donors (Lipinski definition) is 2. The van der Waals surface area contributed by atoms with Crippen LogP contribution >= 0.6 is 0 Å². The molecule has 0 bridgehead atoms. The number of benzene rings is 1. The zero-order valence-corrected chi connectivity index (χ0v) is 18.6. The summed E-state index contributed by atoms with van der Waals surface area (Å²) in [5.74, 6) is 3.94. The molecule has 1 aliphatic carbocycles. The molecule has 1 atom stereocenters. The third-order valence-electron chi connectivity index (χ3n) is 6.93. The predicted molar refractivity (Wildman–Crippen MR) is 121 cm³/mol. The highest BCUT2D eigenvalue weighted by Gasteiger charge is 2.43. The van der Waals surface area contributed by atoms with Gasteiger partial charge in [0.2, 0.25) is 0 Å². The van der Waals surface area contributed by atoms with Crippen LogP contribution in [-0.4, -0.2) is 32.9 Å². The topological polar surface area (TPSA) is 76.4 Å². The average molecular weight is 423 g/mol. The Morgan fingerprint density at radius 2 is 2.03 bits per heavy atom. The van der Waals surface area contributed by atoms with Gasteiger partial charge in [-0.05, 0) is 51.5 Å². The molecule has 1 aromatic carbocycles. The number of aromatic nitrogens is 3. The number of nitrogens with zero attached hydrogens (tertiary/aromatic N) is 4. The first kappa shape index (κ1) is 20.3. The first-order valence-corrected chi connectivity index (χ1v) is 12.0. The molecule has 3 aliphatic rings. The quantitative estimate of drug-likeness (QED) is 0.577.